The molecular weight excluding hydrogens is 647 g/mol. The van der Waals surface area contributed by atoms with Crippen molar-refractivity contribution in [2.24, 2.45) is 30.7 Å². The number of phenols is 1. The third-order valence-electron chi connectivity index (χ3n) is 6.73. The van der Waals surface area contributed by atoms with Gasteiger partial charge in [-0.1, -0.05) is 42.0 Å². The number of benzene rings is 5. The summed E-state index contributed by atoms with van der Waals surface area (Å²) in [4.78, 5) is 10.6. The van der Waals surface area contributed by atoms with Gasteiger partial charge < -0.3 is 21.7 Å². The standard InChI is InChI=1S/C32H26N8O6S.Na/c1-18-2-8-21(9-3-18)37-40-31-29(33)26(17-28(30(31)34)47(44,45)46)39-36-23-12-6-20(7-13-23)19-4-10-22(11-5-19)35-38-24-14-15-27(41)25(16-24)32(42)43;/h2-17,41H,33-34H2,1H3,(H,42,43)(H,44,45,46);/q;+1. The van der Waals surface area contributed by atoms with E-state index in [0.717, 1.165) is 22.8 Å². The second kappa shape index (κ2) is 15.1. The first-order valence-corrected chi connectivity index (χ1v) is 15.1. The Morgan fingerprint density at radius 1 is 0.646 bits per heavy atom. The van der Waals surface area contributed by atoms with Crippen LogP contribution in [0, 0.1) is 6.92 Å². The Hall–Kier alpha value is -5.32. The molecule has 0 fully saturated rings. The largest absolute Gasteiger partial charge is 1.00 e. The Labute approximate surface area is 296 Å². The fraction of sp³-hybridized carbons (Fsp3) is 0.0312. The molecule has 7 N–H and O–H groups in total. The summed E-state index contributed by atoms with van der Waals surface area (Å²) in [6.45, 7) is 1.91. The molecule has 14 nitrogen and oxygen atoms in total. The Kier molecular flexibility index (Phi) is 11.1. The maximum Gasteiger partial charge on any atom is 1.00 e. The Bertz CT molecular complexity index is 2170. The zero-order valence-electron chi connectivity index (χ0n) is 25.6. The monoisotopic (exact) mass is 673 g/mol. The van der Waals surface area contributed by atoms with Crippen molar-refractivity contribution in [1.82, 2.24) is 0 Å². The van der Waals surface area contributed by atoms with Gasteiger partial charge in [0.25, 0.3) is 10.1 Å². The molecule has 0 radical (unpaired) electrons. The summed E-state index contributed by atoms with van der Waals surface area (Å²) in [5.41, 5.74) is 15.6. The van der Waals surface area contributed by atoms with Crippen LogP contribution in [0.5, 0.6) is 5.75 Å². The molecule has 5 rings (SSSR count). The molecule has 0 amide bonds. The Balaban J connectivity index is 0.00000520. The van der Waals surface area contributed by atoms with Gasteiger partial charge in [-0.2, -0.15) is 28.9 Å². The van der Waals surface area contributed by atoms with E-state index in [2.05, 4.69) is 30.7 Å². The number of hydrogen-bond acceptors (Lipinski definition) is 12. The smallest absolute Gasteiger partial charge is 0.507 e. The molecule has 0 spiro atoms. The Morgan fingerprint density at radius 2 is 1.10 bits per heavy atom. The summed E-state index contributed by atoms with van der Waals surface area (Å²) in [6.07, 6.45) is 0. The number of nitrogen functional groups attached to an aromatic ring is 2. The molecule has 16 heteroatoms. The number of anilines is 2. The van der Waals surface area contributed by atoms with Crippen LogP contribution in [-0.4, -0.2) is 29.2 Å². The second-order valence-electron chi connectivity index (χ2n) is 10.1. The van der Waals surface area contributed by atoms with Crippen molar-refractivity contribution in [2.45, 2.75) is 11.8 Å². The van der Waals surface area contributed by atoms with E-state index in [1.165, 1.54) is 18.2 Å². The van der Waals surface area contributed by atoms with Crippen LogP contribution in [0.25, 0.3) is 11.1 Å². The van der Waals surface area contributed by atoms with Crippen molar-refractivity contribution >= 4 is 61.6 Å². The molecule has 0 aliphatic heterocycles. The van der Waals surface area contributed by atoms with Crippen molar-refractivity contribution in [3.05, 3.63) is 108 Å². The molecule has 0 heterocycles. The number of carboxylic acids is 1. The minimum absolute atomic E-state index is 0. The van der Waals surface area contributed by atoms with Crippen molar-refractivity contribution in [3.63, 3.8) is 0 Å². The van der Waals surface area contributed by atoms with Gasteiger partial charge in [0.15, 0.2) is 0 Å². The molecule has 0 aliphatic carbocycles. The maximum absolute atomic E-state index is 12.0. The van der Waals surface area contributed by atoms with Crippen LogP contribution >= 0.6 is 0 Å². The van der Waals surface area contributed by atoms with E-state index in [4.69, 9.17) is 16.6 Å². The first-order valence-electron chi connectivity index (χ1n) is 13.7. The van der Waals surface area contributed by atoms with Crippen molar-refractivity contribution < 1.29 is 57.5 Å². The average molecular weight is 674 g/mol. The number of azo groups is 3. The van der Waals surface area contributed by atoms with Gasteiger partial charge in [-0.05, 0) is 78.7 Å². The molecule has 0 aromatic heterocycles. The molecule has 0 atom stereocenters. The van der Waals surface area contributed by atoms with Crippen LogP contribution in [0.2, 0.25) is 0 Å². The number of hydrogen-bond donors (Lipinski definition) is 5. The van der Waals surface area contributed by atoms with E-state index in [1.807, 2.05) is 31.2 Å². The van der Waals surface area contributed by atoms with Gasteiger partial charge >= 0.3 is 35.5 Å². The SMILES string of the molecule is Cc1ccc(N=Nc2c(N)c(N=Nc3ccc(-c4ccc(N=Nc5ccc(O)c(C(=O)O)c5)cc4)cc3)cc(S(=O)(=O)O)c2N)cc1.[Na+]. The Morgan fingerprint density at radius 3 is 1.62 bits per heavy atom. The molecule has 0 bridgehead atoms. The van der Waals surface area contributed by atoms with Crippen molar-refractivity contribution in [2.75, 3.05) is 11.5 Å². The minimum Gasteiger partial charge on any atom is -0.507 e. The number of carboxylic acid groups (broad SMARTS) is 1. The van der Waals surface area contributed by atoms with Gasteiger partial charge in [0.2, 0.25) is 0 Å². The van der Waals surface area contributed by atoms with E-state index in [0.29, 0.717) is 17.1 Å². The fourth-order valence-corrected chi connectivity index (χ4v) is 4.85. The van der Waals surface area contributed by atoms with E-state index in [1.54, 1.807) is 48.5 Å². The van der Waals surface area contributed by atoms with E-state index in [9.17, 15) is 22.9 Å². The number of rotatable bonds is 9. The van der Waals surface area contributed by atoms with Crippen LogP contribution in [0.1, 0.15) is 15.9 Å². The zero-order valence-corrected chi connectivity index (χ0v) is 28.4. The fourth-order valence-electron chi connectivity index (χ4n) is 4.21. The summed E-state index contributed by atoms with van der Waals surface area (Å²) in [5.74, 6) is -1.64. The van der Waals surface area contributed by atoms with Crippen LogP contribution in [0.15, 0.2) is 133 Å². The summed E-state index contributed by atoms with van der Waals surface area (Å²) in [7, 11) is -4.76. The first-order chi connectivity index (χ1) is 22.4. The number of nitrogens with two attached hydrogens (primary N) is 2. The number of carbonyl (C=O) groups is 1. The molecule has 5 aromatic carbocycles. The predicted molar refractivity (Wildman–Crippen MR) is 176 cm³/mol. The normalized spacial score (nSPS) is 11.7. The third-order valence-corrected chi connectivity index (χ3v) is 7.62. The van der Waals surface area contributed by atoms with E-state index in [-0.39, 0.29) is 69.3 Å². The van der Waals surface area contributed by atoms with Crippen molar-refractivity contribution in [1.29, 1.82) is 0 Å². The molecule has 0 aliphatic rings. The summed E-state index contributed by atoms with van der Waals surface area (Å²) in [5, 5.41) is 43.3. The molecule has 5 aromatic rings. The number of aromatic hydroxyl groups is 1. The molecule has 48 heavy (non-hydrogen) atoms. The maximum atomic E-state index is 12.0. The van der Waals surface area contributed by atoms with Gasteiger partial charge in [-0.15, -0.1) is 10.2 Å². The number of aryl methyl sites for hydroxylation is 1. The van der Waals surface area contributed by atoms with Crippen LogP contribution in [0.4, 0.5) is 45.5 Å². The van der Waals surface area contributed by atoms with Gasteiger partial charge in [0, 0.05) is 0 Å². The van der Waals surface area contributed by atoms with E-state index < -0.39 is 21.0 Å². The molecule has 0 saturated carbocycles. The first kappa shape index (κ1) is 35.5. The second-order valence-corrected chi connectivity index (χ2v) is 11.5. The quantitative estimate of drug-likeness (QED) is 0.0559. The van der Waals surface area contributed by atoms with Crippen molar-refractivity contribution in [3.8, 4) is 16.9 Å². The third kappa shape index (κ3) is 8.52. The van der Waals surface area contributed by atoms with E-state index >= 15 is 0 Å². The molecular formula is C32H26N8NaO6S+. The zero-order chi connectivity index (χ0) is 33.7. The van der Waals surface area contributed by atoms with Gasteiger partial charge in [-0.25, -0.2) is 4.79 Å². The average Bonchev–Trinajstić information content (AvgIpc) is 3.04. The summed E-state index contributed by atoms with van der Waals surface area (Å²) >= 11 is 0. The molecule has 0 unspecified atom stereocenters. The molecule has 0 saturated heterocycles. The van der Waals surface area contributed by atoms with Gasteiger partial charge in [0.05, 0.1) is 34.1 Å². The number of nitrogens with zero attached hydrogens (tertiary/aromatic N) is 6. The molecule has 236 valence electrons. The van der Waals surface area contributed by atoms with Gasteiger partial charge in [0.1, 0.15) is 27.6 Å². The van der Waals surface area contributed by atoms with Crippen LogP contribution in [-0.2, 0) is 10.1 Å². The topological polar surface area (TPSA) is 238 Å². The summed E-state index contributed by atoms with van der Waals surface area (Å²) < 4.78 is 33.8. The van der Waals surface area contributed by atoms with Crippen LogP contribution < -0.4 is 41.0 Å². The summed E-state index contributed by atoms with van der Waals surface area (Å²) in [6, 6.07) is 26.1. The van der Waals surface area contributed by atoms with Gasteiger partial charge in [-0.3, -0.25) is 4.55 Å². The van der Waals surface area contributed by atoms with Crippen LogP contribution in [0.3, 0.4) is 0 Å². The minimum atomic E-state index is -4.76. The number of aromatic carboxylic acids is 1. The predicted octanol–water partition coefficient (Wildman–Crippen LogP) is 5.73.